The van der Waals surface area contributed by atoms with E-state index in [-0.39, 0.29) is 24.6 Å². The molecule has 1 N–H and O–H groups in total. The number of aromatic amines is 1. The first-order chi connectivity index (χ1) is 28.7. The molecule has 300 valence electrons. The highest BCUT2D eigenvalue weighted by atomic mass is 19.1. The molecular weight excluding hydrogens is 748 g/mol. The molecule has 1 atom stereocenters. The molecule has 4 aliphatic rings. The third kappa shape index (κ3) is 6.18. The summed E-state index contributed by atoms with van der Waals surface area (Å²) in [5.74, 6) is 0.787. The van der Waals surface area contributed by atoms with Crippen molar-refractivity contribution in [3.63, 3.8) is 0 Å². The molecule has 0 radical (unpaired) electrons. The molecule has 0 aliphatic carbocycles. The topological polar surface area (TPSA) is 110 Å². The van der Waals surface area contributed by atoms with Crippen molar-refractivity contribution < 1.29 is 23.5 Å². The number of rotatable bonds is 7. The van der Waals surface area contributed by atoms with Crippen molar-refractivity contribution in [2.45, 2.75) is 32.5 Å². The van der Waals surface area contributed by atoms with Crippen LogP contribution in [0.2, 0.25) is 0 Å². The van der Waals surface area contributed by atoms with E-state index in [9.17, 15) is 14.0 Å². The minimum absolute atomic E-state index is 0.0570. The fourth-order valence-electron chi connectivity index (χ4n) is 9.52. The predicted molar refractivity (Wildman–Crippen MR) is 226 cm³/mol. The van der Waals surface area contributed by atoms with Crippen LogP contribution in [0, 0.1) is 12.7 Å². The molecule has 6 aromatic rings. The summed E-state index contributed by atoms with van der Waals surface area (Å²) in [5, 5.41) is 3.51. The Morgan fingerprint density at radius 3 is 2.53 bits per heavy atom. The van der Waals surface area contributed by atoms with E-state index in [1.165, 1.54) is 34.2 Å². The van der Waals surface area contributed by atoms with Gasteiger partial charge in [-0.05, 0) is 78.7 Å². The van der Waals surface area contributed by atoms with Gasteiger partial charge in [0.25, 0.3) is 11.8 Å². The lowest BCUT2D eigenvalue weighted by molar-refractivity contribution is -0.127. The number of benzene rings is 4. The van der Waals surface area contributed by atoms with Gasteiger partial charge in [-0.2, -0.15) is 9.97 Å². The quantitative estimate of drug-likeness (QED) is 0.180. The van der Waals surface area contributed by atoms with Gasteiger partial charge in [0.2, 0.25) is 0 Å². The van der Waals surface area contributed by atoms with E-state index in [1.54, 1.807) is 18.1 Å². The van der Waals surface area contributed by atoms with Gasteiger partial charge in [0.1, 0.15) is 30.2 Å². The smallest absolute Gasteiger partial charge is 0.318 e. The fraction of sp³-hybridized carbons (Fsp3) is 0.304. The number of piperazine rings is 1. The molecule has 12 nitrogen and oxygen atoms in total. The molecule has 4 aliphatic heterocycles. The van der Waals surface area contributed by atoms with Crippen LogP contribution in [0.4, 0.5) is 21.6 Å². The summed E-state index contributed by atoms with van der Waals surface area (Å²) in [6.45, 7) is 10.6. The lowest BCUT2D eigenvalue weighted by Crippen LogP contribution is -2.51. The summed E-state index contributed by atoms with van der Waals surface area (Å²) in [5.41, 5.74) is 9.00. The number of aryl methyl sites for hydroxylation is 1. The number of carbonyl (C=O) groups excluding carboxylic acids is 2. The van der Waals surface area contributed by atoms with Crippen LogP contribution in [0.3, 0.4) is 0 Å². The molecule has 1 saturated heterocycles. The Hall–Kier alpha value is -6.63. The Balaban J connectivity index is 0.795. The van der Waals surface area contributed by atoms with Crippen LogP contribution in [-0.2, 0) is 24.2 Å². The summed E-state index contributed by atoms with van der Waals surface area (Å²) in [4.78, 5) is 50.6. The van der Waals surface area contributed by atoms with Gasteiger partial charge in [-0.15, -0.1) is 0 Å². The molecule has 2 aromatic heterocycles. The number of H-pyrrole nitrogens is 1. The van der Waals surface area contributed by atoms with Gasteiger partial charge < -0.3 is 39.0 Å². The average molecular weight is 793 g/mol. The van der Waals surface area contributed by atoms with E-state index in [0.29, 0.717) is 74.3 Å². The van der Waals surface area contributed by atoms with Gasteiger partial charge in [-0.3, -0.25) is 9.59 Å². The molecule has 59 heavy (non-hydrogen) atoms. The number of carbonyl (C=O) groups is 2. The molecule has 10 rings (SSSR count). The Kier molecular flexibility index (Phi) is 8.91. The van der Waals surface area contributed by atoms with Gasteiger partial charge >= 0.3 is 6.01 Å². The third-order valence-electron chi connectivity index (χ3n) is 12.5. The number of anilines is 3. The first kappa shape index (κ1) is 36.7. The van der Waals surface area contributed by atoms with Crippen LogP contribution in [0.5, 0.6) is 11.8 Å². The van der Waals surface area contributed by atoms with E-state index >= 15 is 0 Å². The van der Waals surface area contributed by atoms with Crippen molar-refractivity contribution in [3.05, 3.63) is 124 Å². The van der Waals surface area contributed by atoms with Crippen molar-refractivity contribution in [2.75, 3.05) is 74.7 Å². The molecule has 4 aromatic carbocycles. The second kappa shape index (κ2) is 14.3. The number of methoxy groups -OCH3 is 1. The predicted octanol–water partition coefficient (Wildman–Crippen LogP) is 6.56. The maximum Gasteiger partial charge on any atom is 0.318 e. The second-order valence-electron chi connectivity index (χ2n) is 15.9. The zero-order chi connectivity index (χ0) is 40.5. The van der Waals surface area contributed by atoms with Crippen LogP contribution in [0.15, 0.2) is 84.9 Å². The molecule has 0 saturated carbocycles. The van der Waals surface area contributed by atoms with E-state index < -0.39 is 5.82 Å². The van der Waals surface area contributed by atoms with Gasteiger partial charge in [0, 0.05) is 79.4 Å². The summed E-state index contributed by atoms with van der Waals surface area (Å²) in [6.07, 6.45) is 1.11. The van der Waals surface area contributed by atoms with Crippen molar-refractivity contribution in [3.8, 4) is 11.8 Å². The van der Waals surface area contributed by atoms with Gasteiger partial charge in [0.15, 0.2) is 0 Å². The van der Waals surface area contributed by atoms with Crippen molar-refractivity contribution in [2.24, 2.45) is 0 Å². The Morgan fingerprint density at radius 1 is 0.915 bits per heavy atom. The zero-order valence-electron chi connectivity index (χ0n) is 33.4. The Morgan fingerprint density at radius 2 is 1.71 bits per heavy atom. The number of aromatic nitrogens is 3. The van der Waals surface area contributed by atoms with Crippen LogP contribution >= 0.6 is 0 Å². The van der Waals surface area contributed by atoms with E-state index in [4.69, 9.17) is 19.4 Å². The zero-order valence-corrected chi connectivity index (χ0v) is 33.4. The second-order valence-corrected chi connectivity index (χ2v) is 15.9. The van der Waals surface area contributed by atoms with E-state index in [0.717, 1.165) is 52.2 Å². The maximum absolute atomic E-state index is 14.1. The Labute approximate surface area is 341 Å². The number of amides is 2. The molecule has 2 amide bonds. The average Bonchev–Trinajstić information content (AvgIpc) is 3.64. The molecular formula is C46H45FN8O4. The molecule has 0 spiro atoms. The van der Waals surface area contributed by atoms with Crippen LogP contribution in [0.25, 0.3) is 21.7 Å². The van der Waals surface area contributed by atoms with Gasteiger partial charge in [0.05, 0.1) is 36.3 Å². The van der Waals surface area contributed by atoms with Crippen molar-refractivity contribution in [1.82, 2.24) is 24.8 Å². The molecule has 6 heterocycles. The number of nitrogens with one attached hydrogen (secondary N) is 1. The summed E-state index contributed by atoms with van der Waals surface area (Å²) < 4.78 is 25.9. The molecule has 0 bridgehead atoms. The third-order valence-corrected chi connectivity index (χ3v) is 12.5. The van der Waals surface area contributed by atoms with Crippen LogP contribution in [-0.4, -0.2) is 96.6 Å². The summed E-state index contributed by atoms with van der Waals surface area (Å²) >= 11 is 0. The molecule has 1 fully saturated rings. The van der Waals surface area contributed by atoms with Crippen LogP contribution in [0.1, 0.15) is 44.6 Å². The largest absolute Gasteiger partial charge is 0.489 e. The Bertz CT molecular complexity index is 2700. The maximum atomic E-state index is 14.1. The van der Waals surface area contributed by atoms with Gasteiger partial charge in [-0.25, -0.2) is 4.39 Å². The monoisotopic (exact) mass is 792 g/mol. The SMILES string of the molecule is C=C(COc1ccc2[nH]c3c(c2c1)CCN1C(=O)c2cc(F)ccc2N(C)C31)C(=O)N1CCN(c2nc(OC)nc3c2CCN(c2cccc4cccc(C)c24)C3)CC1. The number of nitrogens with zero attached hydrogens (tertiary/aromatic N) is 7. The number of hydrogen-bond acceptors (Lipinski definition) is 9. The lowest BCUT2D eigenvalue weighted by atomic mass is 9.96. The molecule has 1 unspecified atom stereocenters. The highest BCUT2D eigenvalue weighted by Gasteiger charge is 2.42. The van der Waals surface area contributed by atoms with Crippen LogP contribution < -0.4 is 24.2 Å². The highest BCUT2D eigenvalue weighted by Crippen LogP contribution is 2.44. The van der Waals surface area contributed by atoms with E-state index in [2.05, 4.69) is 64.7 Å². The summed E-state index contributed by atoms with van der Waals surface area (Å²) in [6, 6.07) is 23.5. The lowest BCUT2D eigenvalue weighted by Gasteiger charge is -2.46. The van der Waals surface area contributed by atoms with E-state index in [1.807, 2.05) is 35.0 Å². The molecule has 13 heteroatoms. The van der Waals surface area contributed by atoms with Crippen molar-refractivity contribution >= 4 is 50.7 Å². The normalized spacial score (nSPS) is 17.5. The highest BCUT2D eigenvalue weighted by molar-refractivity contribution is 6.03. The minimum Gasteiger partial charge on any atom is -0.489 e. The first-order valence-electron chi connectivity index (χ1n) is 20.2. The first-order valence-corrected chi connectivity index (χ1v) is 20.2. The number of halogens is 1. The number of ether oxygens (including phenoxy) is 2. The van der Waals surface area contributed by atoms with Crippen molar-refractivity contribution in [1.29, 1.82) is 0 Å². The standard InChI is InChI=1S/C46H45FN8O4/c1-27-7-5-8-29-9-6-10-39(40(27)29)54-17-15-33-37(25-54)49-46(58-4)50-42(33)52-19-21-53(22-20-52)44(56)28(2)26-59-31-12-13-36-34(24-31)32-16-18-55-43(41(32)48-36)51(3)38-14-11-30(47)23-35(38)45(55)57/h5-14,23-24,43,48H,2,15-22,25-26H2,1,3-4H3. The summed E-state index contributed by atoms with van der Waals surface area (Å²) in [7, 11) is 3.53. The minimum atomic E-state index is -0.426. The fourth-order valence-corrected chi connectivity index (χ4v) is 9.52. The number of fused-ring (bicyclic) bond motifs is 8. The van der Waals surface area contributed by atoms with Gasteiger partial charge in [-0.1, -0.05) is 36.9 Å². The number of hydrogen-bond donors (Lipinski definition) is 1.